The molecule has 0 aliphatic heterocycles. The van der Waals surface area contributed by atoms with Crippen molar-refractivity contribution in [2.45, 2.75) is 26.2 Å². The number of aromatic nitrogens is 1. The minimum absolute atomic E-state index is 0.157. The highest BCUT2D eigenvalue weighted by Crippen LogP contribution is 2.28. The summed E-state index contributed by atoms with van der Waals surface area (Å²) in [5.74, 6) is 1.69. The van der Waals surface area contributed by atoms with Crippen molar-refractivity contribution in [2.24, 2.45) is 0 Å². The van der Waals surface area contributed by atoms with Gasteiger partial charge in [-0.25, -0.2) is 0 Å². The first-order valence-corrected chi connectivity index (χ1v) is 7.81. The number of hydrogen-bond donors (Lipinski definition) is 0. The topological polar surface area (TPSA) is 22.1 Å². The average molecular weight is 303 g/mol. The summed E-state index contributed by atoms with van der Waals surface area (Å²) in [4.78, 5) is 4.15. The van der Waals surface area contributed by atoms with Crippen LogP contribution in [0.2, 0.25) is 0 Å². The Morgan fingerprint density at radius 2 is 1.35 bits per heavy atom. The molecule has 23 heavy (non-hydrogen) atoms. The lowest BCUT2D eigenvalue weighted by Gasteiger charge is -2.19. The van der Waals surface area contributed by atoms with E-state index in [2.05, 4.69) is 50.0 Å². The zero-order valence-corrected chi connectivity index (χ0v) is 13.8. The molecule has 0 amide bonds. The van der Waals surface area contributed by atoms with E-state index >= 15 is 0 Å². The van der Waals surface area contributed by atoms with Crippen LogP contribution in [-0.2, 0) is 5.41 Å². The molecule has 0 unspecified atom stereocenters. The van der Waals surface area contributed by atoms with E-state index in [9.17, 15) is 0 Å². The maximum Gasteiger partial charge on any atom is 0.127 e. The van der Waals surface area contributed by atoms with Crippen LogP contribution in [0.3, 0.4) is 0 Å². The van der Waals surface area contributed by atoms with Gasteiger partial charge in [-0.1, -0.05) is 51.1 Å². The Morgan fingerprint density at radius 1 is 0.739 bits per heavy atom. The maximum atomic E-state index is 5.92. The molecule has 116 valence electrons. The first-order chi connectivity index (χ1) is 11.0. The first kappa shape index (κ1) is 15.3. The molecule has 0 saturated heterocycles. The number of hydrogen-bond acceptors (Lipinski definition) is 2. The van der Waals surface area contributed by atoms with E-state index in [4.69, 9.17) is 4.74 Å². The van der Waals surface area contributed by atoms with E-state index in [1.807, 2.05) is 42.6 Å². The van der Waals surface area contributed by atoms with Crippen LogP contribution < -0.4 is 4.74 Å². The number of rotatable bonds is 3. The van der Waals surface area contributed by atoms with Gasteiger partial charge in [0, 0.05) is 12.4 Å². The molecular weight excluding hydrogens is 282 g/mol. The molecule has 3 aromatic rings. The molecule has 0 radical (unpaired) electrons. The lowest BCUT2D eigenvalue weighted by atomic mass is 9.87. The highest BCUT2D eigenvalue weighted by atomic mass is 16.5. The molecule has 2 heteroatoms. The Balaban J connectivity index is 1.74. The fraction of sp³-hybridized carbons (Fsp3) is 0.190. The molecular formula is C21H21NO. The third kappa shape index (κ3) is 3.78. The Bertz CT molecular complexity index is 754. The van der Waals surface area contributed by atoms with Crippen LogP contribution in [0.4, 0.5) is 0 Å². The number of benzene rings is 2. The van der Waals surface area contributed by atoms with Crippen molar-refractivity contribution >= 4 is 0 Å². The van der Waals surface area contributed by atoms with Crippen LogP contribution in [0.1, 0.15) is 26.3 Å². The SMILES string of the molecule is CC(C)(C)c1ccc(Oc2ccc(-c3cccnc3)cc2)cc1. The van der Waals surface area contributed by atoms with Gasteiger partial charge in [0.1, 0.15) is 11.5 Å². The van der Waals surface area contributed by atoms with Gasteiger partial charge in [0.15, 0.2) is 0 Å². The molecule has 2 nitrogen and oxygen atoms in total. The summed E-state index contributed by atoms with van der Waals surface area (Å²) in [6.45, 7) is 6.63. The van der Waals surface area contributed by atoms with Crippen molar-refractivity contribution in [1.29, 1.82) is 0 Å². The Hall–Kier alpha value is -2.61. The summed E-state index contributed by atoms with van der Waals surface area (Å²) in [6, 6.07) is 20.4. The summed E-state index contributed by atoms with van der Waals surface area (Å²) in [7, 11) is 0. The number of nitrogens with zero attached hydrogens (tertiary/aromatic N) is 1. The predicted octanol–water partition coefficient (Wildman–Crippen LogP) is 5.84. The molecule has 0 bridgehead atoms. The zero-order chi connectivity index (χ0) is 16.3. The minimum Gasteiger partial charge on any atom is -0.457 e. The van der Waals surface area contributed by atoms with E-state index in [1.54, 1.807) is 6.20 Å². The van der Waals surface area contributed by atoms with Crippen molar-refractivity contribution in [1.82, 2.24) is 4.98 Å². The normalized spacial score (nSPS) is 11.3. The van der Waals surface area contributed by atoms with Crippen molar-refractivity contribution < 1.29 is 4.74 Å². The Labute approximate surface area is 137 Å². The molecule has 0 spiro atoms. The monoisotopic (exact) mass is 303 g/mol. The molecule has 0 atom stereocenters. The quantitative estimate of drug-likeness (QED) is 0.606. The van der Waals surface area contributed by atoms with E-state index in [0.717, 1.165) is 22.6 Å². The standard InChI is InChI=1S/C21H21NO/c1-21(2,3)18-8-12-20(13-9-18)23-19-10-6-16(7-11-19)17-5-4-14-22-15-17/h4-15H,1-3H3. The smallest absolute Gasteiger partial charge is 0.127 e. The van der Waals surface area contributed by atoms with Gasteiger partial charge in [0.2, 0.25) is 0 Å². The van der Waals surface area contributed by atoms with Crippen LogP contribution in [0.25, 0.3) is 11.1 Å². The third-order valence-electron chi connectivity index (χ3n) is 3.81. The average Bonchev–Trinajstić information content (AvgIpc) is 2.56. The molecule has 0 saturated carbocycles. The highest BCUT2D eigenvalue weighted by Gasteiger charge is 2.13. The molecule has 0 aliphatic carbocycles. The van der Waals surface area contributed by atoms with Gasteiger partial charge >= 0.3 is 0 Å². The first-order valence-electron chi connectivity index (χ1n) is 7.81. The van der Waals surface area contributed by atoms with Crippen molar-refractivity contribution in [3.05, 3.63) is 78.6 Å². The largest absolute Gasteiger partial charge is 0.457 e. The predicted molar refractivity (Wildman–Crippen MR) is 94.9 cm³/mol. The van der Waals surface area contributed by atoms with Gasteiger partial charge in [-0.2, -0.15) is 0 Å². The van der Waals surface area contributed by atoms with E-state index in [1.165, 1.54) is 5.56 Å². The summed E-state index contributed by atoms with van der Waals surface area (Å²) in [5, 5.41) is 0. The zero-order valence-electron chi connectivity index (χ0n) is 13.8. The van der Waals surface area contributed by atoms with E-state index in [0.29, 0.717) is 0 Å². The summed E-state index contributed by atoms with van der Waals surface area (Å²) >= 11 is 0. The molecule has 0 aliphatic rings. The highest BCUT2D eigenvalue weighted by molar-refractivity contribution is 5.63. The fourth-order valence-electron chi connectivity index (χ4n) is 2.41. The van der Waals surface area contributed by atoms with E-state index < -0.39 is 0 Å². The molecule has 0 N–H and O–H groups in total. The van der Waals surface area contributed by atoms with Crippen LogP contribution >= 0.6 is 0 Å². The lowest BCUT2D eigenvalue weighted by Crippen LogP contribution is -2.10. The van der Waals surface area contributed by atoms with Crippen LogP contribution in [0, 0.1) is 0 Å². The van der Waals surface area contributed by atoms with Crippen molar-refractivity contribution in [2.75, 3.05) is 0 Å². The van der Waals surface area contributed by atoms with Crippen LogP contribution in [0.5, 0.6) is 11.5 Å². The minimum atomic E-state index is 0.157. The fourth-order valence-corrected chi connectivity index (χ4v) is 2.41. The second-order valence-corrected chi connectivity index (χ2v) is 6.64. The number of ether oxygens (including phenoxy) is 1. The third-order valence-corrected chi connectivity index (χ3v) is 3.81. The summed E-state index contributed by atoms with van der Waals surface area (Å²) in [5.41, 5.74) is 3.70. The lowest BCUT2D eigenvalue weighted by molar-refractivity contribution is 0.481. The van der Waals surface area contributed by atoms with Crippen LogP contribution in [-0.4, -0.2) is 4.98 Å². The van der Waals surface area contributed by atoms with Crippen LogP contribution in [0.15, 0.2) is 73.1 Å². The molecule has 2 aromatic carbocycles. The molecule has 0 fully saturated rings. The number of pyridine rings is 1. The van der Waals surface area contributed by atoms with Gasteiger partial charge in [-0.3, -0.25) is 4.98 Å². The van der Waals surface area contributed by atoms with Gasteiger partial charge in [0.05, 0.1) is 0 Å². The Morgan fingerprint density at radius 3 is 1.87 bits per heavy atom. The molecule has 1 aromatic heterocycles. The van der Waals surface area contributed by atoms with Gasteiger partial charge in [0.25, 0.3) is 0 Å². The van der Waals surface area contributed by atoms with Crippen molar-refractivity contribution in [3.63, 3.8) is 0 Å². The van der Waals surface area contributed by atoms with Crippen molar-refractivity contribution in [3.8, 4) is 22.6 Å². The maximum absolute atomic E-state index is 5.92. The summed E-state index contributed by atoms with van der Waals surface area (Å²) in [6.07, 6.45) is 3.64. The van der Waals surface area contributed by atoms with E-state index in [-0.39, 0.29) is 5.41 Å². The Kier molecular flexibility index (Phi) is 4.16. The van der Waals surface area contributed by atoms with Gasteiger partial charge in [-0.15, -0.1) is 0 Å². The molecule has 3 rings (SSSR count). The summed E-state index contributed by atoms with van der Waals surface area (Å²) < 4.78 is 5.92. The van der Waals surface area contributed by atoms with Gasteiger partial charge < -0.3 is 4.74 Å². The molecule has 1 heterocycles. The second-order valence-electron chi connectivity index (χ2n) is 6.64. The van der Waals surface area contributed by atoms with Gasteiger partial charge in [-0.05, 0) is 52.4 Å². The second kappa shape index (κ2) is 6.25.